The van der Waals surface area contributed by atoms with Gasteiger partial charge < -0.3 is 14.7 Å². The number of likely N-dealkylation sites (tertiary alicyclic amines) is 1. The van der Waals surface area contributed by atoms with Crippen LogP contribution in [-0.4, -0.2) is 40.8 Å². The number of hydrogen-bond acceptors (Lipinski definition) is 3. The highest BCUT2D eigenvalue weighted by atomic mass is 16.6. The molecule has 1 aliphatic rings. The summed E-state index contributed by atoms with van der Waals surface area (Å²) in [5.41, 5.74) is -1.38. The van der Waals surface area contributed by atoms with Crippen molar-refractivity contribution < 1.29 is 19.4 Å². The van der Waals surface area contributed by atoms with Crippen LogP contribution in [0.25, 0.3) is 0 Å². The minimum Gasteiger partial charge on any atom is -0.481 e. The molecule has 1 unspecified atom stereocenters. The van der Waals surface area contributed by atoms with Crippen molar-refractivity contribution in [3.05, 3.63) is 0 Å². The molecule has 5 heteroatoms. The van der Waals surface area contributed by atoms with Crippen LogP contribution in [0.2, 0.25) is 0 Å². The van der Waals surface area contributed by atoms with E-state index < -0.39 is 23.1 Å². The summed E-state index contributed by atoms with van der Waals surface area (Å²) in [6.07, 6.45) is 2.41. The summed E-state index contributed by atoms with van der Waals surface area (Å²) >= 11 is 0. The maximum absolute atomic E-state index is 12.2. The third-order valence-corrected chi connectivity index (χ3v) is 3.88. The van der Waals surface area contributed by atoms with Crippen LogP contribution in [0.3, 0.4) is 0 Å². The normalized spacial score (nSPS) is 23.2. The van der Waals surface area contributed by atoms with E-state index in [0.717, 1.165) is 6.42 Å². The van der Waals surface area contributed by atoms with E-state index in [-0.39, 0.29) is 6.54 Å². The lowest BCUT2D eigenvalue weighted by Crippen LogP contribution is -2.51. The monoisotopic (exact) mass is 299 g/mol. The van der Waals surface area contributed by atoms with Gasteiger partial charge in [0.25, 0.3) is 0 Å². The van der Waals surface area contributed by atoms with Gasteiger partial charge in [-0.25, -0.2) is 4.79 Å². The molecule has 1 amide bonds. The van der Waals surface area contributed by atoms with Gasteiger partial charge in [0, 0.05) is 13.1 Å². The number of aliphatic carboxylic acids is 1. The first-order valence-electron chi connectivity index (χ1n) is 7.77. The summed E-state index contributed by atoms with van der Waals surface area (Å²) in [4.78, 5) is 25.5. The molecule has 0 radical (unpaired) electrons. The Hall–Kier alpha value is -1.26. The van der Waals surface area contributed by atoms with Gasteiger partial charge in [0.15, 0.2) is 0 Å². The fourth-order valence-corrected chi connectivity index (χ4v) is 2.66. The molecule has 1 heterocycles. The first-order chi connectivity index (χ1) is 9.56. The van der Waals surface area contributed by atoms with E-state index in [4.69, 9.17) is 4.74 Å². The number of carbonyl (C=O) groups is 2. The Labute approximate surface area is 127 Å². The number of carbonyl (C=O) groups excluding carboxylic acids is 1. The Morgan fingerprint density at radius 1 is 1.33 bits per heavy atom. The highest BCUT2D eigenvalue weighted by Crippen LogP contribution is 2.36. The Morgan fingerprint density at radius 3 is 2.43 bits per heavy atom. The van der Waals surface area contributed by atoms with Crippen LogP contribution in [-0.2, 0) is 9.53 Å². The zero-order valence-electron chi connectivity index (χ0n) is 13.9. The smallest absolute Gasteiger partial charge is 0.410 e. The van der Waals surface area contributed by atoms with Crippen molar-refractivity contribution >= 4 is 12.1 Å². The molecule has 0 aromatic heterocycles. The SMILES string of the molecule is CC(C)CCC1(C(=O)O)CCCN(C(=O)OC(C)(C)C)C1. The summed E-state index contributed by atoms with van der Waals surface area (Å²) in [7, 11) is 0. The fourth-order valence-electron chi connectivity index (χ4n) is 2.66. The van der Waals surface area contributed by atoms with Gasteiger partial charge in [0.1, 0.15) is 5.60 Å². The first-order valence-corrected chi connectivity index (χ1v) is 7.77. The molecular weight excluding hydrogens is 270 g/mol. The molecule has 0 spiro atoms. The summed E-state index contributed by atoms with van der Waals surface area (Å²) in [6, 6.07) is 0. The second-order valence-electron chi connectivity index (χ2n) is 7.52. The van der Waals surface area contributed by atoms with Crippen molar-refractivity contribution in [1.29, 1.82) is 0 Å². The number of hydrogen-bond donors (Lipinski definition) is 1. The van der Waals surface area contributed by atoms with Crippen molar-refractivity contribution in [1.82, 2.24) is 4.90 Å². The molecule has 0 aromatic rings. The van der Waals surface area contributed by atoms with Gasteiger partial charge >= 0.3 is 12.1 Å². The van der Waals surface area contributed by atoms with Crippen LogP contribution in [0.15, 0.2) is 0 Å². The predicted octanol–water partition coefficient (Wildman–Crippen LogP) is 3.52. The van der Waals surface area contributed by atoms with Gasteiger partial charge in [-0.05, 0) is 52.4 Å². The molecule has 1 saturated heterocycles. The molecule has 1 N–H and O–H groups in total. The van der Waals surface area contributed by atoms with Crippen molar-refractivity contribution in [3.8, 4) is 0 Å². The first kappa shape index (κ1) is 17.8. The number of rotatable bonds is 4. The van der Waals surface area contributed by atoms with Gasteiger partial charge in [-0.1, -0.05) is 13.8 Å². The van der Waals surface area contributed by atoms with Gasteiger partial charge in [-0.15, -0.1) is 0 Å². The lowest BCUT2D eigenvalue weighted by atomic mass is 9.75. The van der Waals surface area contributed by atoms with E-state index in [1.807, 2.05) is 20.8 Å². The second kappa shape index (κ2) is 6.67. The van der Waals surface area contributed by atoms with E-state index in [9.17, 15) is 14.7 Å². The van der Waals surface area contributed by atoms with Crippen LogP contribution in [0.4, 0.5) is 4.79 Å². The number of carboxylic acids is 1. The minimum absolute atomic E-state index is 0.254. The summed E-state index contributed by atoms with van der Waals surface area (Å²) in [5, 5.41) is 9.65. The van der Waals surface area contributed by atoms with E-state index >= 15 is 0 Å². The molecule has 5 nitrogen and oxygen atoms in total. The molecule has 0 saturated carbocycles. The summed E-state index contributed by atoms with van der Waals surface area (Å²) < 4.78 is 5.37. The second-order valence-corrected chi connectivity index (χ2v) is 7.52. The van der Waals surface area contributed by atoms with E-state index in [1.165, 1.54) is 0 Å². The van der Waals surface area contributed by atoms with Crippen LogP contribution in [0.5, 0.6) is 0 Å². The van der Waals surface area contributed by atoms with Crippen LogP contribution in [0.1, 0.15) is 60.3 Å². The van der Waals surface area contributed by atoms with Crippen molar-refractivity contribution in [2.45, 2.75) is 65.9 Å². The molecular formula is C16H29NO4. The van der Waals surface area contributed by atoms with E-state index in [2.05, 4.69) is 13.8 Å². The third kappa shape index (κ3) is 5.21. The lowest BCUT2D eigenvalue weighted by Gasteiger charge is -2.40. The topological polar surface area (TPSA) is 66.8 Å². The molecule has 0 aromatic carbocycles. The predicted molar refractivity (Wildman–Crippen MR) is 81.2 cm³/mol. The molecule has 1 rings (SSSR count). The molecule has 122 valence electrons. The van der Waals surface area contributed by atoms with Gasteiger partial charge in [0.2, 0.25) is 0 Å². The lowest BCUT2D eigenvalue weighted by molar-refractivity contribution is -0.153. The van der Waals surface area contributed by atoms with Crippen molar-refractivity contribution in [2.24, 2.45) is 11.3 Å². The third-order valence-electron chi connectivity index (χ3n) is 3.88. The molecule has 0 aliphatic carbocycles. The largest absolute Gasteiger partial charge is 0.481 e. The number of carboxylic acid groups (broad SMARTS) is 1. The van der Waals surface area contributed by atoms with E-state index in [1.54, 1.807) is 4.90 Å². The zero-order chi connectivity index (χ0) is 16.3. The highest BCUT2D eigenvalue weighted by molar-refractivity contribution is 5.77. The zero-order valence-corrected chi connectivity index (χ0v) is 13.9. The van der Waals surface area contributed by atoms with Crippen molar-refractivity contribution in [2.75, 3.05) is 13.1 Å². The Bertz CT molecular complexity index is 386. The Kier molecular flexibility index (Phi) is 5.65. The highest BCUT2D eigenvalue weighted by Gasteiger charge is 2.44. The summed E-state index contributed by atoms with van der Waals surface area (Å²) in [6.45, 7) is 10.5. The summed E-state index contributed by atoms with van der Waals surface area (Å²) in [5.74, 6) is -0.338. The molecule has 21 heavy (non-hydrogen) atoms. The van der Waals surface area contributed by atoms with Crippen LogP contribution >= 0.6 is 0 Å². The quantitative estimate of drug-likeness (QED) is 0.862. The van der Waals surface area contributed by atoms with Crippen LogP contribution in [0, 0.1) is 11.3 Å². The number of piperidine rings is 1. The Balaban J connectivity index is 2.79. The Morgan fingerprint density at radius 2 is 1.95 bits per heavy atom. The van der Waals surface area contributed by atoms with Gasteiger partial charge in [0.05, 0.1) is 5.41 Å². The standard InChI is InChI=1S/C16H29NO4/c1-12(2)7-9-16(13(18)19)8-6-10-17(11-16)14(20)21-15(3,4)5/h12H,6-11H2,1-5H3,(H,18,19). The average Bonchev–Trinajstić information content (AvgIpc) is 2.34. The fraction of sp³-hybridized carbons (Fsp3) is 0.875. The number of ether oxygens (including phenoxy) is 1. The van der Waals surface area contributed by atoms with Gasteiger partial charge in [-0.3, -0.25) is 4.79 Å². The van der Waals surface area contributed by atoms with Crippen LogP contribution < -0.4 is 0 Å². The molecule has 1 aliphatic heterocycles. The van der Waals surface area contributed by atoms with Crippen molar-refractivity contribution in [3.63, 3.8) is 0 Å². The molecule has 1 atom stereocenters. The van der Waals surface area contributed by atoms with Gasteiger partial charge in [-0.2, -0.15) is 0 Å². The molecule has 1 fully saturated rings. The average molecular weight is 299 g/mol. The maximum atomic E-state index is 12.2. The minimum atomic E-state index is -0.820. The van der Waals surface area contributed by atoms with E-state index in [0.29, 0.717) is 31.7 Å². The maximum Gasteiger partial charge on any atom is 0.410 e. The number of nitrogens with zero attached hydrogens (tertiary/aromatic N) is 1. The molecule has 0 bridgehead atoms. The number of amides is 1.